The first kappa shape index (κ1) is 14.3. The lowest BCUT2D eigenvalue weighted by atomic mass is 9.65. The third-order valence-electron chi connectivity index (χ3n) is 3.97. The van der Waals surface area contributed by atoms with E-state index in [2.05, 4.69) is 0 Å². The van der Waals surface area contributed by atoms with Gasteiger partial charge in [-0.25, -0.2) is 8.42 Å². The van der Waals surface area contributed by atoms with E-state index < -0.39 is 9.84 Å². The molecule has 1 aromatic rings. The zero-order valence-corrected chi connectivity index (χ0v) is 12.6. The molecule has 0 radical (unpaired) electrons. The van der Waals surface area contributed by atoms with Gasteiger partial charge in [-0.3, -0.25) is 0 Å². The quantitative estimate of drug-likeness (QED) is 0.854. The molecule has 0 aromatic heterocycles. The van der Waals surface area contributed by atoms with E-state index in [-0.39, 0.29) is 11.5 Å². The van der Waals surface area contributed by atoms with E-state index in [9.17, 15) is 8.42 Å². The fraction of sp³-hybridized carbons (Fsp3) is 0.467. The molecule has 0 N–H and O–H groups in total. The molecule has 1 fully saturated rings. The summed E-state index contributed by atoms with van der Waals surface area (Å²) < 4.78 is 30.0. The van der Waals surface area contributed by atoms with Crippen LogP contribution < -0.4 is 0 Å². The lowest BCUT2D eigenvalue weighted by Gasteiger charge is -2.46. The topological polar surface area (TPSA) is 43.4 Å². The maximum absolute atomic E-state index is 12.3. The van der Waals surface area contributed by atoms with Crippen molar-refractivity contribution in [3.05, 3.63) is 40.8 Å². The van der Waals surface area contributed by atoms with E-state index in [4.69, 9.17) is 4.74 Å². The van der Waals surface area contributed by atoms with Gasteiger partial charge < -0.3 is 4.74 Å². The van der Waals surface area contributed by atoms with Gasteiger partial charge in [0.1, 0.15) is 0 Å². The second kappa shape index (κ2) is 4.76. The number of hydrogen-bond acceptors (Lipinski definition) is 3. The summed E-state index contributed by atoms with van der Waals surface area (Å²) in [5.74, 6) is 0. The first-order chi connectivity index (χ1) is 8.77. The van der Waals surface area contributed by atoms with Crippen LogP contribution in [0.2, 0.25) is 0 Å². The maximum atomic E-state index is 12.3. The number of rotatable bonds is 3. The Labute approximate surface area is 115 Å². The molecule has 1 atom stereocenters. The van der Waals surface area contributed by atoms with E-state index >= 15 is 0 Å². The van der Waals surface area contributed by atoms with Crippen LogP contribution in [0.3, 0.4) is 0 Å². The molecule has 1 saturated carbocycles. The zero-order valence-electron chi connectivity index (χ0n) is 11.8. The molecular weight excluding hydrogens is 260 g/mol. The Morgan fingerprint density at radius 3 is 2.32 bits per heavy atom. The van der Waals surface area contributed by atoms with Gasteiger partial charge in [-0.05, 0) is 31.1 Å². The van der Waals surface area contributed by atoms with Crippen molar-refractivity contribution in [2.24, 2.45) is 5.41 Å². The minimum Gasteiger partial charge on any atom is -0.380 e. The summed E-state index contributed by atoms with van der Waals surface area (Å²) in [6, 6.07) is 6.94. The number of benzene rings is 1. The fourth-order valence-electron chi connectivity index (χ4n) is 2.35. The van der Waals surface area contributed by atoms with Crippen LogP contribution in [-0.4, -0.2) is 21.6 Å². The molecule has 2 rings (SSSR count). The molecule has 1 unspecified atom stereocenters. The Kier molecular flexibility index (Phi) is 3.58. The van der Waals surface area contributed by atoms with Gasteiger partial charge >= 0.3 is 0 Å². The van der Waals surface area contributed by atoms with Gasteiger partial charge in [0.25, 0.3) is 0 Å². The molecule has 19 heavy (non-hydrogen) atoms. The van der Waals surface area contributed by atoms with Gasteiger partial charge in [0, 0.05) is 17.9 Å². The molecule has 1 aliphatic rings. The fourth-order valence-corrected chi connectivity index (χ4v) is 3.78. The molecule has 4 heteroatoms. The van der Waals surface area contributed by atoms with Crippen molar-refractivity contribution in [1.82, 2.24) is 0 Å². The van der Waals surface area contributed by atoms with Gasteiger partial charge in [-0.1, -0.05) is 31.5 Å². The Balaban J connectivity index is 2.31. The molecule has 0 heterocycles. The molecular formula is C15H20O3S. The lowest BCUT2D eigenvalue weighted by Crippen LogP contribution is -2.44. The molecule has 0 saturated heterocycles. The van der Waals surface area contributed by atoms with Gasteiger partial charge in [0.15, 0.2) is 9.84 Å². The average molecular weight is 280 g/mol. The predicted molar refractivity (Wildman–Crippen MR) is 75.6 cm³/mol. The molecule has 3 nitrogen and oxygen atoms in total. The molecule has 0 amide bonds. The molecule has 1 aromatic carbocycles. The number of aryl methyl sites for hydroxylation is 1. The highest BCUT2D eigenvalue weighted by Gasteiger charge is 2.44. The summed E-state index contributed by atoms with van der Waals surface area (Å²) in [4.78, 5) is 0.349. The van der Waals surface area contributed by atoms with Crippen LogP contribution in [0.15, 0.2) is 40.1 Å². The van der Waals surface area contributed by atoms with Crippen LogP contribution in [0.1, 0.15) is 25.8 Å². The smallest absolute Gasteiger partial charge is 0.199 e. The summed E-state index contributed by atoms with van der Waals surface area (Å²) in [5, 5.41) is 1.41. The highest BCUT2D eigenvalue weighted by atomic mass is 32.2. The molecule has 0 aliphatic heterocycles. The van der Waals surface area contributed by atoms with Crippen molar-refractivity contribution in [1.29, 1.82) is 0 Å². The third kappa shape index (κ3) is 2.60. The predicted octanol–water partition coefficient (Wildman–Crippen LogP) is 3.10. The molecule has 0 bridgehead atoms. The first-order valence-electron chi connectivity index (χ1n) is 6.33. The van der Waals surface area contributed by atoms with E-state index in [1.54, 1.807) is 19.2 Å². The van der Waals surface area contributed by atoms with Crippen LogP contribution in [0.5, 0.6) is 0 Å². The normalized spacial score (nSPS) is 24.2. The molecule has 104 valence electrons. The van der Waals surface area contributed by atoms with Crippen molar-refractivity contribution < 1.29 is 13.2 Å². The second-order valence-corrected chi connectivity index (χ2v) is 7.45. The second-order valence-electron chi connectivity index (χ2n) is 5.65. The van der Waals surface area contributed by atoms with Crippen molar-refractivity contribution in [2.45, 2.75) is 38.2 Å². The van der Waals surface area contributed by atoms with Gasteiger partial charge in [0.2, 0.25) is 0 Å². The van der Waals surface area contributed by atoms with Gasteiger partial charge in [0.05, 0.1) is 11.0 Å². The van der Waals surface area contributed by atoms with E-state index in [0.29, 0.717) is 11.3 Å². The number of hydrogen-bond donors (Lipinski definition) is 0. The molecule has 0 spiro atoms. The third-order valence-corrected chi connectivity index (χ3v) is 5.49. The number of methoxy groups -OCH3 is 1. The van der Waals surface area contributed by atoms with Crippen LogP contribution in [0.25, 0.3) is 0 Å². The SMILES string of the molecule is COC1C/C(=C\S(=O)(=O)c2ccc(C)cc2)C1(C)C. The Morgan fingerprint density at radius 2 is 1.84 bits per heavy atom. The Bertz CT molecular complexity index is 595. The van der Waals surface area contributed by atoms with Crippen LogP contribution in [0.4, 0.5) is 0 Å². The van der Waals surface area contributed by atoms with Crippen molar-refractivity contribution in [2.75, 3.05) is 7.11 Å². The van der Waals surface area contributed by atoms with E-state index in [0.717, 1.165) is 11.1 Å². The lowest BCUT2D eigenvalue weighted by molar-refractivity contribution is -0.0210. The summed E-state index contributed by atoms with van der Waals surface area (Å²) >= 11 is 0. The summed E-state index contributed by atoms with van der Waals surface area (Å²) in [7, 11) is -1.69. The van der Waals surface area contributed by atoms with Crippen LogP contribution in [-0.2, 0) is 14.6 Å². The number of sulfone groups is 1. The van der Waals surface area contributed by atoms with Gasteiger partial charge in [-0.15, -0.1) is 0 Å². The van der Waals surface area contributed by atoms with E-state index in [1.165, 1.54) is 5.41 Å². The Morgan fingerprint density at radius 1 is 1.26 bits per heavy atom. The largest absolute Gasteiger partial charge is 0.380 e. The maximum Gasteiger partial charge on any atom is 0.199 e. The van der Waals surface area contributed by atoms with Crippen molar-refractivity contribution >= 4 is 9.84 Å². The minimum atomic E-state index is -3.36. The summed E-state index contributed by atoms with van der Waals surface area (Å²) in [6.07, 6.45) is 0.793. The minimum absolute atomic E-state index is 0.104. The monoisotopic (exact) mass is 280 g/mol. The summed E-state index contributed by atoms with van der Waals surface area (Å²) in [5.41, 5.74) is 1.78. The summed E-state index contributed by atoms with van der Waals surface area (Å²) in [6.45, 7) is 5.97. The highest BCUT2D eigenvalue weighted by molar-refractivity contribution is 7.94. The average Bonchev–Trinajstić information content (AvgIpc) is 2.34. The number of ether oxygens (including phenoxy) is 1. The first-order valence-corrected chi connectivity index (χ1v) is 7.87. The van der Waals surface area contributed by atoms with Gasteiger partial charge in [-0.2, -0.15) is 0 Å². The zero-order chi connectivity index (χ0) is 14.3. The van der Waals surface area contributed by atoms with Crippen molar-refractivity contribution in [3.8, 4) is 0 Å². The molecule has 1 aliphatic carbocycles. The highest BCUT2D eigenvalue weighted by Crippen LogP contribution is 2.47. The Hall–Kier alpha value is -1.13. The van der Waals surface area contributed by atoms with E-state index in [1.807, 2.05) is 32.9 Å². The van der Waals surface area contributed by atoms with Crippen LogP contribution in [0, 0.1) is 12.3 Å². The van der Waals surface area contributed by atoms with Crippen molar-refractivity contribution in [3.63, 3.8) is 0 Å². The van der Waals surface area contributed by atoms with Crippen LogP contribution >= 0.6 is 0 Å². The standard InChI is InChI=1S/C15H20O3S/c1-11-5-7-13(8-6-11)19(16,17)10-12-9-14(18-4)15(12,2)3/h5-8,10,14H,9H2,1-4H3/b12-10+.